The van der Waals surface area contributed by atoms with E-state index in [0.29, 0.717) is 39.6 Å². The maximum atomic E-state index is 13.3. The number of pyridine rings is 1. The largest absolute Gasteiger partial charge is 0.493 e. The lowest BCUT2D eigenvalue weighted by molar-refractivity contribution is 0.0529. The highest BCUT2D eigenvalue weighted by Crippen LogP contribution is 2.38. The number of ether oxygens (including phenoxy) is 4. The predicted molar refractivity (Wildman–Crippen MR) is 103 cm³/mol. The molecule has 7 heteroatoms. The summed E-state index contributed by atoms with van der Waals surface area (Å²) >= 11 is 0. The van der Waals surface area contributed by atoms with E-state index in [4.69, 9.17) is 18.9 Å². The fourth-order valence-electron chi connectivity index (χ4n) is 3.06. The summed E-state index contributed by atoms with van der Waals surface area (Å²) in [4.78, 5) is 25.6. The van der Waals surface area contributed by atoms with Crippen LogP contribution in [0.4, 0.5) is 0 Å². The topological polar surface area (TPSA) is 75.5 Å². The third-order valence-electron chi connectivity index (χ3n) is 4.33. The Morgan fingerprint density at radius 1 is 0.964 bits per heavy atom. The molecular formula is C21H21NO6. The Labute approximate surface area is 162 Å². The standard InChI is InChI=1S/C21H21NO6/c1-5-28-21(24)14-12-16(22-9-7-6-8-15(14)22)19(23)13-10-17(25-2)20(27-4)18(11-13)26-3/h6-12H,5H2,1-4H3. The van der Waals surface area contributed by atoms with Crippen molar-refractivity contribution in [2.24, 2.45) is 0 Å². The Morgan fingerprint density at radius 2 is 1.64 bits per heavy atom. The van der Waals surface area contributed by atoms with Crippen LogP contribution in [-0.2, 0) is 4.74 Å². The number of fused-ring (bicyclic) bond motifs is 1. The fourth-order valence-corrected chi connectivity index (χ4v) is 3.06. The number of nitrogens with zero attached hydrogens (tertiary/aromatic N) is 1. The van der Waals surface area contributed by atoms with Crippen molar-refractivity contribution in [3.8, 4) is 17.2 Å². The van der Waals surface area contributed by atoms with E-state index in [1.54, 1.807) is 53.9 Å². The van der Waals surface area contributed by atoms with Crippen LogP contribution in [0, 0.1) is 0 Å². The van der Waals surface area contributed by atoms with Crippen molar-refractivity contribution in [1.82, 2.24) is 4.40 Å². The first kappa shape index (κ1) is 19.3. The number of benzene rings is 1. The van der Waals surface area contributed by atoms with E-state index in [2.05, 4.69) is 0 Å². The molecule has 0 saturated carbocycles. The van der Waals surface area contributed by atoms with Crippen LogP contribution in [0.3, 0.4) is 0 Å². The molecule has 0 aliphatic carbocycles. The van der Waals surface area contributed by atoms with Crippen molar-refractivity contribution in [2.75, 3.05) is 27.9 Å². The number of methoxy groups -OCH3 is 3. The number of rotatable bonds is 7. The zero-order valence-corrected chi connectivity index (χ0v) is 16.1. The third-order valence-corrected chi connectivity index (χ3v) is 4.33. The van der Waals surface area contributed by atoms with Crippen molar-refractivity contribution in [1.29, 1.82) is 0 Å². The van der Waals surface area contributed by atoms with Crippen molar-refractivity contribution < 1.29 is 28.5 Å². The molecule has 3 rings (SSSR count). The van der Waals surface area contributed by atoms with Gasteiger partial charge in [-0.2, -0.15) is 0 Å². The lowest BCUT2D eigenvalue weighted by atomic mass is 10.1. The molecule has 0 unspecified atom stereocenters. The van der Waals surface area contributed by atoms with Crippen molar-refractivity contribution in [3.63, 3.8) is 0 Å². The summed E-state index contributed by atoms with van der Waals surface area (Å²) in [7, 11) is 4.46. The molecule has 7 nitrogen and oxygen atoms in total. The molecule has 0 fully saturated rings. The Kier molecular flexibility index (Phi) is 5.54. The molecule has 0 atom stereocenters. The van der Waals surface area contributed by atoms with Crippen LogP contribution in [0.25, 0.3) is 5.52 Å². The second kappa shape index (κ2) is 8.04. The molecule has 0 bridgehead atoms. The van der Waals surface area contributed by atoms with Crippen LogP contribution in [-0.4, -0.2) is 44.1 Å². The van der Waals surface area contributed by atoms with E-state index in [-0.39, 0.29) is 12.4 Å². The number of carbonyl (C=O) groups excluding carboxylic acids is 2. The van der Waals surface area contributed by atoms with Crippen LogP contribution in [0.5, 0.6) is 17.2 Å². The van der Waals surface area contributed by atoms with Crippen LogP contribution >= 0.6 is 0 Å². The SMILES string of the molecule is CCOC(=O)c1cc(C(=O)c2cc(OC)c(OC)c(OC)c2)n2ccccc12. The molecule has 2 aromatic heterocycles. The monoisotopic (exact) mass is 383 g/mol. The van der Waals surface area contributed by atoms with Crippen LogP contribution in [0.15, 0.2) is 42.6 Å². The van der Waals surface area contributed by atoms with E-state index < -0.39 is 5.97 Å². The van der Waals surface area contributed by atoms with E-state index in [0.717, 1.165) is 0 Å². The zero-order chi connectivity index (χ0) is 20.3. The Morgan fingerprint density at radius 3 is 2.21 bits per heavy atom. The summed E-state index contributed by atoms with van der Waals surface area (Å²) in [6, 6.07) is 10.0. The average Bonchev–Trinajstić information content (AvgIpc) is 3.12. The summed E-state index contributed by atoms with van der Waals surface area (Å²) in [5.74, 6) is 0.369. The van der Waals surface area contributed by atoms with Gasteiger partial charge in [-0.3, -0.25) is 4.79 Å². The van der Waals surface area contributed by atoms with E-state index >= 15 is 0 Å². The van der Waals surface area contributed by atoms with Gasteiger partial charge in [0, 0.05) is 11.8 Å². The van der Waals surface area contributed by atoms with Crippen LogP contribution in [0.2, 0.25) is 0 Å². The van der Waals surface area contributed by atoms with Crippen molar-refractivity contribution >= 4 is 17.3 Å². The van der Waals surface area contributed by atoms with Gasteiger partial charge in [0.1, 0.15) is 0 Å². The lowest BCUT2D eigenvalue weighted by Gasteiger charge is -2.13. The smallest absolute Gasteiger partial charge is 0.340 e. The molecule has 0 spiro atoms. The minimum absolute atomic E-state index is 0.249. The summed E-state index contributed by atoms with van der Waals surface area (Å²) < 4.78 is 22.7. The first-order valence-corrected chi connectivity index (χ1v) is 8.67. The van der Waals surface area contributed by atoms with Gasteiger partial charge in [-0.05, 0) is 37.3 Å². The minimum atomic E-state index is -0.477. The molecule has 0 amide bonds. The van der Waals surface area contributed by atoms with Gasteiger partial charge in [0.2, 0.25) is 11.5 Å². The number of carbonyl (C=O) groups is 2. The van der Waals surface area contributed by atoms with E-state index in [1.807, 2.05) is 0 Å². The van der Waals surface area contributed by atoms with Crippen molar-refractivity contribution in [2.45, 2.75) is 6.92 Å². The highest BCUT2D eigenvalue weighted by molar-refractivity contribution is 6.11. The Bertz CT molecular complexity index is 1010. The lowest BCUT2D eigenvalue weighted by Crippen LogP contribution is -2.06. The van der Waals surface area contributed by atoms with Gasteiger partial charge in [-0.25, -0.2) is 4.79 Å². The first-order chi connectivity index (χ1) is 13.5. The van der Waals surface area contributed by atoms with Gasteiger partial charge < -0.3 is 23.3 Å². The number of ketones is 1. The summed E-state index contributed by atoms with van der Waals surface area (Å²) in [6.07, 6.45) is 1.73. The summed E-state index contributed by atoms with van der Waals surface area (Å²) in [6.45, 7) is 1.98. The molecule has 0 N–H and O–H groups in total. The summed E-state index contributed by atoms with van der Waals surface area (Å²) in [5, 5.41) is 0. The average molecular weight is 383 g/mol. The number of hydrogen-bond donors (Lipinski definition) is 0. The van der Waals surface area contributed by atoms with Gasteiger partial charge in [-0.1, -0.05) is 6.07 Å². The quantitative estimate of drug-likeness (QED) is 0.460. The second-order valence-electron chi connectivity index (χ2n) is 5.86. The molecule has 0 radical (unpaired) electrons. The highest BCUT2D eigenvalue weighted by Gasteiger charge is 2.23. The molecule has 0 aliphatic rings. The molecule has 0 aliphatic heterocycles. The van der Waals surface area contributed by atoms with E-state index in [1.165, 1.54) is 21.3 Å². The van der Waals surface area contributed by atoms with Gasteiger partial charge in [0.05, 0.1) is 44.7 Å². The Hall–Kier alpha value is -3.48. The molecular weight excluding hydrogens is 362 g/mol. The fraction of sp³-hybridized carbons (Fsp3) is 0.238. The molecule has 28 heavy (non-hydrogen) atoms. The number of hydrogen-bond acceptors (Lipinski definition) is 6. The normalized spacial score (nSPS) is 10.6. The van der Waals surface area contributed by atoms with E-state index in [9.17, 15) is 9.59 Å². The van der Waals surface area contributed by atoms with Gasteiger partial charge in [0.25, 0.3) is 0 Å². The third kappa shape index (κ3) is 3.26. The predicted octanol–water partition coefficient (Wildman–Crippen LogP) is 3.37. The second-order valence-corrected chi connectivity index (χ2v) is 5.86. The minimum Gasteiger partial charge on any atom is -0.493 e. The Balaban J connectivity index is 2.16. The number of esters is 1. The number of aromatic nitrogens is 1. The molecule has 0 saturated heterocycles. The maximum absolute atomic E-state index is 13.3. The molecule has 2 heterocycles. The van der Waals surface area contributed by atoms with Gasteiger partial charge >= 0.3 is 5.97 Å². The molecule has 146 valence electrons. The highest BCUT2D eigenvalue weighted by atomic mass is 16.5. The first-order valence-electron chi connectivity index (χ1n) is 8.67. The van der Waals surface area contributed by atoms with Gasteiger partial charge in [-0.15, -0.1) is 0 Å². The van der Waals surface area contributed by atoms with Crippen LogP contribution in [0.1, 0.15) is 33.3 Å². The maximum Gasteiger partial charge on any atom is 0.340 e. The van der Waals surface area contributed by atoms with Gasteiger partial charge in [0.15, 0.2) is 11.5 Å². The van der Waals surface area contributed by atoms with Crippen molar-refractivity contribution in [3.05, 3.63) is 59.4 Å². The zero-order valence-electron chi connectivity index (χ0n) is 16.1. The summed E-state index contributed by atoms with van der Waals surface area (Å²) in [5.41, 5.74) is 1.59. The molecule has 3 aromatic rings. The van der Waals surface area contributed by atoms with Crippen LogP contribution < -0.4 is 14.2 Å². The molecule has 1 aromatic carbocycles.